The van der Waals surface area contributed by atoms with Crippen molar-refractivity contribution in [3.05, 3.63) is 0 Å². The van der Waals surface area contributed by atoms with Gasteiger partial charge in [-0.1, -0.05) is 20.8 Å². The first-order valence-electron chi connectivity index (χ1n) is 9.68. The van der Waals surface area contributed by atoms with E-state index >= 15 is 0 Å². The van der Waals surface area contributed by atoms with Gasteiger partial charge in [-0.05, 0) is 56.3 Å². The third-order valence-corrected chi connectivity index (χ3v) is 5.79. The van der Waals surface area contributed by atoms with E-state index in [-0.39, 0.29) is 17.9 Å². The molecule has 0 bridgehead atoms. The SMILES string of the molecule is CC1CC(NC(=O)C2CCN(C(=O)NC3CC3)CC2)CC(C)(C)C1. The molecule has 5 nitrogen and oxygen atoms in total. The number of likely N-dealkylation sites (tertiary alicyclic amines) is 1. The fraction of sp³-hybridized carbons (Fsp3) is 0.895. The number of rotatable bonds is 3. The number of carbonyl (C=O) groups is 2. The standard InChI is InChI=1S/C19H33N3O2/c1-13-10-16(12-19(2,3)11-13)20-17(23)14-6-8-22(9-7-14)18(24)21-15-4-5-15/h13-16H,4-12H2,1-3H3,(H,20,23)(H,21,24). The van der Waals surface area contributed by atoms with Crippen LogP contribution in [0, 0.1) is 17.3 Å². The molecule has 2 aliphatic carbocycles. The van der Waals surface area contributed by atoms with E-state index in [4.69, 9.17) is 0 Å². The average molecular weight is 335 g/mol. The Morgan fingerprint density at radius 1 is 0.958 bits per heavy atom. The molecule has 1 heterocycles. The minimum Gasteiger partial charge on any atom is -0.353 e. The molecule has 2 atom stereocenters. The van der Waals surface area contributed by atoms with Crippen LogP contribution in [-0.2, 0) is 4.79 Å². The Bertz CT molecular complexity index is 479. The van der Waals surface area contributed by atoms with Gasteiger partial charge in [0.2, 0.25) is 5.91 Å². The average Bonchev–Trinajstić information content (AvgIpc) is 3.29. The van der Waals surface area contributed by atoms with Crippen LogP contribution in [0.25, 0.3) is 0 Å². The summed E-state index contributed by atoms with van der Waals surface area (Å²) in [6.45, 7) is 8.29. The molecule has 5 heteroatoms. The van der Waals surface area contributed by atoms with Crippen molar-refractivity contribution in [2.24, 2.45) is 17.3 Å². The second kappa shape index (κ2) is 6.93. The van der Waals surface area contributed by atoms with Crippen LogP contribution in [0.15, 0.2) is 0 Å². The maximum atomic E-state index is 12.6. The molecule has 2 saturated carbocycles. The number of piperidine rings is 1. The van der Waals surface area contributed by atoms with E-state index in [1.165, 1.54) is 6.42 Å². The third kappa shape index (κ3) is 4.64. The number of amides is 3. The lowest BCUT2D eigenvalue weighted by Crippen LogP contribution is -2.49. The highest BCUT2D eigenvalue weighted by Gasteiger charge is 2.35. The molecule has 0 aromatic rings. The van der Waals surface area contributed by atoms with Crippen molar-refractivity contribution >= 4 is 11.9 Å². The van der Waals surface area contributed by atoms with Gasteiger partial charge >= 0.3 is 6.03 Å². The zero-order valence-corrected chi connectivity index (χ0v) is 15.4. The molecule has 3 fully saturated rings. The molecule has 1 aliphatic heterocycles. The second-order valence-electron chi connectivity index (χ2n) is 9.10. The molecule has 0 radical (unpaired) electrons. The summed E-state index contributed by atoms with van der Waals surface area (Å²) in [4.78, 5) is 26.6. The van der Waals surface area contributed by atoms with Crippen LogP contribution in [-0.4, -0.2) is 42.0 Å². The van der Waals surface area contributed by atoms with Gasteiger partial charge in [-0.2, -0.15) is 0 Å². The third-order valence-electron chi connectivity index (χ3n) is 5.79. The van der Waals surface area contributed by atoms with Crippen LogP contribution in [0.2, 0.25) is 0 Å². The summed E-state index contributed by atoms with van der Waals surface area (Å²) in [5, 5.41) is 6.34. The summed E-state index contributed by atoms with van der Waals surface area (Å²) in [5.41, 5.74) is 0.319. The van der Waals surface area contributed by atoms with Gasteiger partial charge < -0.3 is 15.5 Å². The monoisotopic (exact) mass is 335 g/mol. The Labute approximate surface area is 145 Å². The molecule has 24 heavy (non-hydrogen) atoms. The molecular formula is C19H33N3O2. The summed E-state index contributed by atoms with van der Waals surface area (Å²) in [7, 11) is 0. The molecule has 136 valence electrons. The lowest BCUT2D eigenvalue weighted by atomic mass is 9.70. The fourth-order valence-electron chi connectivity index (χ4n) is 4.61. The lowest BCUT2D eigenvalue weighted by Gasteiger charge is -2.40. The lowest BCUT2D eigenvalue weighted by molar-refractivity contribution is -0.127. The van der Waals surface area contributed by atoms with Crippen LogP contribution in [0.5, 0.6) is 0 Å². The summed E-state index contributed by atoms with van der Waals surface area (Å²) in [5.74, 6) is 0.939. The highest BCUT2D eigenvalue weighted by molar-refractivity contribution is 5.80. The van der Waals surface area contributed by atoms with Crippen molar-refractivity contribution in [2.75, 3.05) is 13.1 Å². The fourth-order valence-corrected chi connectivity index (χ4v) is 4.61. The van der Waals surface area contributed by atoms with Crippen LogP contribution < -0.4 is 10.6 Å². The van der Waals surface area contributed by atoms with E-state index in [0.717, 1.165) is 38.5 Å². The van der Waals surface area contributed by atoms with Gasteiger partial charge in [0.1, 0.15) is 0 Å². The summed E-state index contributed by atoms with van der Waals surface area (Å²) in [6.07, 6.45) is 7.21. The largest absolute Gasteiger partial charge is 0.353 e. The van der Waals surface area contributed by atoms with Gasteiger partial charge in [0.25, 0.3) is 0 Å². The predicted octanol–water partition coefficient (Wildman–Crippen LogP) is 2.90. The maximum Gasteiger partial charge on any atom is 0.317 e. The van der Waals surface area contributed by atoms with Crippen molar-refractivity contribution in [2.45, 2.75) is 77.8 Å². The molecule has 3 rings (SSSR count). The molecular weight excluding hydrogens is 302 g/mol. The Hall–Kier alpha value is -1.26. The maximum absolute atomic E-state index is 12.6. The van der Waals surface area contributed by atoms with Gasteiger partial charge in [0.15, 0.2) is 0 Å². The summed E-state index contributed by atoms with van der Waals surface area (Å²) >= 11 is 0. The summed E-state index contributed by atoms with van der Waals surface area (Å²) in [6, 6.07) is 0.766. The van der Waals surface area contributed by atoms with Crippen LogP contribution in [0.3, 0.4) is 0 Å². The Morgan fingerprint density at radius 3 is 2.21 bits per heavy atom. The van der Waals surface area contributed by atoms with Crippen LogP contribution in [0.1, 0.15) is 65.7 Å². The Morgan fingerprint density at radius 2 is 1.62 bits per heavy atom. The molecule has 0 aromatic carbocycles. The van der Waals surface area contributed by atoms with Crippen molar-refractivity contribution in [3.8, 4) is 0 Å². The molecule has 1 saturated heterocycles. The Kier molecular flexibility index (Phi) is 5.07. The van der Waals surface area contributed by atoms with E-state index in [9.17, 15) is 9.59 Å². The van der Waals surface area contributed by atoms with Crippen LogP contribution >= 0.6 is 0 Å². The molecule has 3 amide bonds. The van der Waals surface area contributed by atoms with E-state index in [1.807, 2.05) is 4.90 Å². The number of hydrogen-bond acceptors (Lipinski definition) is 2. The van der Waals surface area contributed by atoms with Crippen LogP contribution in [0.4, 0.5) is 4.79 Å². The quantitative estimate of drug-likeness (QED) is 0.833. The van der Waals surface area contributed by atoms with Gasteiger partial charge in [0.05, 0.1) is 0 Å². The van der Waals surface area contributed by atoms with E-state index in [2.05, 4.69) is 31.4 Å². The smallest absolute Gasteiger partial charge is 0.317 e. The number of hydrogen-bond donors (Lipinski definition) is 2. The number of nitrogens with zero attached hydrogens (tertiary/aromatic N) is 1. The minimum absolute atomic E-state index is 0.0548. The topological polar surface area (TPSA) is 61.4 Å². The molecule has 2 unspecified atom stereocenters. The normalized spacial score (nSPS) is 30.7. The highest BCUT2D eigenvalue weighted by Crippen LogP contribution is 2.38. The first-order valence-corrected chi connectivity index (χ1v) is 9.68. The predicted molar refractivity (Wildman–Crippen MR) is 94.6 cm³/mol. The van der Waals surface area contributed by atoms with Crippen molar-refractivity contribution in [1.82, 2.24) is 15.5 Å². The second-order valence-corrected chi connectivity index (χ2v) is 9.10. The van der Waals surface area contributed by atoms with Gasteiger partial charge in [0, 0.05) is 31.1 Å². The number of urea groups is 1. The number of carbonyl (C=O) groups excluding carboxylic acids is 2. The molecule has 0 aromatic heterocycles. The zero-order chi connectivity index (χ0) is 17.3. The van der Waals surface area contributed by atoms with Gasteiger partial charge in [-0.3, -0.25) is 4.79 Å². The number of nitrogens with one attached hydrogen (secondary N) is 2. The van der Waals surface area contributed by atoms with Gasteiger partial charge in [-0.15, -0.1) is 0 Å². The van der Waals surface area contributed by atoms with E-state index in [1.54, 1.807) is 0 Å². The molecule has 0 spiro atoms. The first-order chi connectivity index (χ1) is 11.3. The summed E-state index contributed by atoms with van der Waals surface area (Å²) < 4.78 is 0. The van der Waals surface area contributed by atoms with Crippen molar-refractivity contribution in [3.63, 3.8) is 0 Å². The van der Waals surface area contributed by atoms with Crippen molar-refractivity contribution < 1.29 is 9.59 Å². The minimum atomic E-state index is 0.0548. The zero-order valence-electron chi connectivity index (χ0n) is 15.4. The Balaban J connectivity index is 1.44. The van der Waals surface area contributed by atoms with Crippen molar-refractivity contribution in [1.29, 1.82) is 0 Å². The van der Waals surface area contributed by atoms with Gasteiger partial charge in [-0.25, -0.2) is 4.79 Å². The van der Waals surface area contributed by atoms with E-state index < -0.39 is 0 Å². The molecule has 3 aliphatic rings. The molecule has 2 N–H and O–H groups in total. The first kappa shape index (κ1) is 17.6. The van der Waals surface area contributed by atoms with E-state index in [0.29, 0.717) is 36.5 Å². The highest BCUT2D eigenvalue weighted by atomic mass is 16.2.